The van der Waals surface area contributed by atoms with Crippen molar-refractivity contribution >= 4 is 14.7 Å². The summed E-state index contributed by atoms with van der Waals surface area (Å²) < 4.78 is 0. The van der Waals surface area contributed by atoms with Crippen LogP contribution in [-0.2, 0) is 28.1 Å². The molecule has 3 rings (SSSR count). The summed E-state index contributed by atoms with van der Waals surface area (Å²) in [5, 5.41) is 2.13. The Balaban J connectivity index is 0. The van der Waals surface area contributed by atoms with E-state index in [1.165, 1.54) is 24.8 Å². The van der Waals surface area contributed by atoms with Crippen molar-refractivity contribution in [3.63, 3.8) is 0 Å². The van der Waals surface area contributed by atoms with Gasteiger partial charge in [-0.25, -0.2) is 12.1 Å². The van der Waals surface area contributed by atoms with Crippen molar-refractivity contribution in [2.24, 2.45) is 0 Å². The first-order chi connectivity index (χ1) is 10.8. The van der Waals surface area contributed by atoms with Gasteiger partial charge in [-0.1, -0.05) is 68.0 Å². The second-order valence-electron chi connectivity index (χ2n) is 6.52. The van der Waals surface area contributed by atoms with Crippen LogP contribution < -0.4 is 42.4 Å². The van der Waals surface area contributed by atoms with Crippen molar-refractivity contribution in [1.82, 2.24) is 0 Å². The minimum atomic E-state index is -0.316. The average molecular weight is 460 g/mol. The molecule has 2 aromatic carbocycles. The third kappa shape index (κ3) is 7.46. The van der Waals surface area contributed by atoms with Gasteiger partial charge in [-0.15, -0.1) is 0 Å². The number of hydrogen-bond donors (Lipinski definition) is 0. The van der Waals surface area contributed by atoms with E-state index in [0.29, 0.717) is 5.04 Å². The largest absolute Gasteiger partial charge is 4.00 e. The summed E-state index contributed by atoms with van der Waals surface area (Å²) in [5.41, 5.74) is 2.98. The van der Waals surface area contributed by atoms with Crippen molar-refractivity contribution in [3.05, 3.63) is 84.0 Å². The topological polar surface area (TPSA) is 0 Å². The summed E-state index contributed by atoms with van der Waals surface area (Å²) in [4.78, 5) is 0. The molecule has 0 bridgehead atoms. The van der Waals surface area contributed by atoms with Crippen LogP contribution in [0.15, 0.2) is 72.8 Å². The fourth-order valence-corrected chi connectivity index (χ4v) is 6.22. The van der Waals surface area contributed by atoms with Crippen molar-refractivity contribution in [3.8, 4) is 0 Å². The van der Waals surface area contributed by atoms with Crippen molar-refractivity contribution in [2.45, 2.75) is 37.6 Å². The van der Waals surface area contributed by atoms with Crippen molar-refractivity contribution in [1.29, 1.82) is 0 Å². The van der Waals surface area contributed by atoms with Crippen LogP contribution in [0.3, 0.4) is 0 Å². The molecule has 0 aromatic heterocycles. The predicted molar refractivity (Wildman–Crippen MR) is 100.0 cm³/mol. The predicted octanol–water partition coefficient (Wildman–Crippen LogP) is -4.73. The smallest absolute Gasteiger partial charge is 1.00 e. The Morgan fingerprint density at radius 2 is 1.73 bits per heavy atom. The van der Waals surface area contributed by atoms with Gasteiger partial charge in [0.25, 0.3) is 0 Å². The van der Waals surface area contributed by atoms with Crippen LogP contribution in [0.2, 0.25) is 5.04 Å². The van der Waals surface area contributed by atoms with Crippen LogP contribution in [-0.4, -0.2) is 9.52 Å². The van der Waals surface area contributed by atoms with Crippen molar-refractivity contribution in [2.75, 3.05) is 0 Å². The number of benzene rings is 1. The molecule has 0 radical (unpaired) electrons. The molecule has 26 heavy (non-hydrogen) atoms. The molecule has 2 aromatic rings. The van der Waals surface area contributed by atoms with Crippen LogP contribution in [0, 0.1) is 0 Å². The first kappa shape index (κ1) is 28.1. The summed E-state index contributed by atoms with van der Waals surface area (Å²) in [6, 6.07) is 17.8. The van der Waals surface area contributed by atoms with Crippen LogP contribution in [0.4, 0.5) is 0 Å². The van der Waals surface area contributed by atoms with E-state index in [9.17, 15) is 0 Å². The van der Waals surface area contributed by atoms with E-state index in [-0.39, 0.29) is 68.5 Å². The zero-order valence-corrected chi connectivity index (χ0v) is 20.3. The van der Waals surface area contributed by atoms with Gasteiger partial charge in [0.2, 0.25) is 0 Å². The van der Waals surface area contributed by atoms with Crippen LogP contribution in [0.25, 0.3) is 0 Å². The SMILES string of the molecule is CCCC1([SiH2][c-]2cccc2Cc2ccccc2)C=CC=CC1.[Cl-].[Cl-].[Cl-].[Ti+4]. The molecule has 1 aliphatic rings. The van der Waals surface area contributed by atoms with Gasteiger partial charge in [0.1, 0.15) is 0 Å². The molecule has 0 fully saturated rings. The van der Waals surface area contributed by atoms with Gasteiger partial charge in [-0.3, -0.25) is 0 Å². The van der Waals surface area contributed by atoms with Crippen molar-refractivity contribution < 1.29 is 58.9 Å². The third-order valence-corrected chi connectivity index (χ3v) is 7.41. The molecule has 5 heteroatoms. The normalized spacial score (nSPS) is 17.7. The number of allylic oxidation sites excluding steroid dienone is 4. The quantitative estimate of drug-likeness (QED) is 0.301. The van der Waals surface area contributed by atoms with Gasteiger partial charge in [-0.05, 0) is 29.9 Å². The van der Waals surface area contributed by atoms with Gasteiger partial charge >= 0.3 is 21.7 Å². The summed E-state index contributed by atoms with van der Waals surface area (Å²) in [6.07, 6.45) is 14.3. The zero-order chi connectivity index (χ0) is 15.3. The monoisotopic (exact) mass is 458 g/mol. The fourth-order valence-electron chi connectivity index (χ4n) is 3.65. The standard InChI is InChI=1S/C21H25Si.3ClH.Ti/c1-2-14-21(15-7-4-8-16-21)22-20-13-9-12-19(20)17-18-10-5-3-6-11-18;;;;/h3-13,15H,2,14,16-17,22H2,1H3;3*1H;/q-1;;;;+4/p-3. The van der Waals surface area contributed by atoms with Gasteiger partial charge < -0.3 is 37.2 Å². The molecule has 138 valence electrons. The molecule has 1 aliphatic carbocycles. The van der Waals surface area contributed by atoms with Crippen LogP contribution in [0.1, 0.15) is 37.3 Å². The first-order valence-corrected chi connectivity index (χ1v) is 9.84. The van der Waals surface area contributed by atoms with Crippen LogP contribution >= 0.6 is 0 Å². The summed E-state index contributed by atoms with van der Waals surface area (Å²) in [6.45, 7) is 2.32. The van der Waals surface area contributed by atoms with E-state index < -0.39 is 0 Å². The molecular formula is C21H25Cl3SiTi. The molecule has 0 spiro atoms. The van der Waals surface area contributed by atoms with E-state index in [1.54, 1.807) is 10.8 Å². The fraction of sp³-hybridized carbons (Fsp3) is 0.286. The van der Waals surface area contributed by atoms with Gasteiger partial charge in [0, 0.05) is 9.52 Å². The second kappa shape index (κ2) is 13.9. The summed E-state index contributed by atoms with van der Waals surface area (Å²) in [5.74, 6) is 0. The Morgan fingerprint density at radius 1 is 1.00 bits per heavy atom. The van der Waals surface area contributed by atoms with Crippen LogP contribution in [0.5, 0.6) is 0 Å². The minimum Gasteiger partial charge on any atom is -1.00 e. The maximum Gasteiger partial charge on any atom is 4.00 e. The van der Waals surface area contributed by atoms with Gasteiger partial charge in [0.15, 0.2) is 0 Å². The van der Waals surface area contributed by atoms with Gasteiger partial charge in [0.05, 0.1) is 0 Å². The number of halogens is 3. The second-order valence-corrected chi connectivity index (χ2v) is 9.04. The molecule has 0 N–H and O–H groups in total. The first-order valence-electron chi connectivity index (χ1n) is 8.43. The molecule has 0 aliphatic heterocycles. The van der Waals surface area contributed by atoms with E-state index in [4.69, 9.17) is 0 Å². The Bertz CT molecular complexity index is 667. The molecule has 0 saturated carbocycles. The third-order valence-electron chi connectivity index (χ3n) is 4.76. The molecule has 0 saturated heterocycles. The zero-order valence-electron chi connectivity index (χ0n) is 15.1. The maximum atomic E-state index is 2.50. The molecular weight excluding hydrogens is 435 g/mol. The number of rotatable bonds is 6. The van der Waals surface area contributed by atoms with E-state index >= 15 is 0 Å². The Hall–Kier alpha value is -0.149. The Morgan fingerprint density at radius 3 is 2.35 bits per heavy atom. The van der Waals surface area contributed by atoms with E-state index in [1.807, 2.05) is 0 Å². The minimum absolute atomic E-state index is 0. The Labute approximate surface area is 194 Å². The average Bonchev–Trinajstić information content (AvgIpc) is 2.96. The summed E-state index contributed by atoms with van der Waals surface area (Å²) >= 11 is 0. The molecule has 0 heterocycles. The van der Waals surface area contributed by atoms with E-state index in [2.05, 4.69) is 79.8 Å². The molecule has 0 amide bonds. The molecule has 1 atom stereocenters. The maximum absolute atomic E-state index is 2.50. The summed E-state index contributed by atoms with van der Waals surface area (Å²) in [7, 11) is -0.316. The van der Waals surface area contributed by atoms with E-state index in [0.717, 1.165) is 6.42 Å². The van der Waals surface area contributed by atoms with Gasteiger partial charge in [-0.2, -0.15) is 16.8 Å². The molecule has 1 unspecified atom stereocenters. The number of hydrogen-bond acceptors (Lipinski definition) is 0. The Kier molecular flexibility index (Phi) is 15.0. The molecule has 0 nitrogen and oxygen atoms in total.